The molecule has 1 unspecified atom stereocenters. The lowest BCUT2D eigenvalue weighted by Crippen LogP contribution is -2.54. The number of carbonyl (C=O) groups is 1. The van der Waals surface area contributed by atoms with Gasteiger partial charge in [-0.05, 0) is 29.9 Å². The molecule has 1 atom stereocenters. The molecule has 4 heteroatoms. The summed E-state index contributed by atoms with van der Waals surface area (Å²) in [6.07, 6.45) is 6.17. The predicted molar refractivity (Wildman–Crippen MR) is 89.0 cm³/mol. The number of hydrogen-bond donors (Lipinski definition) is 1. The van der Waals surface area contributed by atoms with Gasteiger partial charge in [0.25, 0.3) is 0 Å². The number of hydrogen-bond acceptors (Lipinski definition) is 4. The van der Waals surface area contributed by atoms with Gasteiger partial charge in [0.15, 0.2) is 0 Å². The van der Waals surface area contributed by atoms with Crippen LogP contribution in [-0.2, 0) is 19.8 Å². The van der Waals surface area contributed by atoms with Crippen LogP contribution in [0.1, 0.15) is 42.7 Å². The molecule has 0 amide bonds. The van der Waals surface area contributed by atoms with Crippen LogP contribution < -0.4 is 5.73 Å². The van der Waals surface area contributed by atoms with E-state index >= 15 is 0 Å². The van der Waals surface area contributed by atoms with E-state index in [9.17, 15) is 4.79 Å². The second kappa shape index (κ2) is 6.85. The molecule has 0 radical (unpaired) electrons. The minimum Gasteiger partial charge on any atom is -0.461 e. The predicted octanol–water partition coefficient (Wildman–Crippen LogP) is 2.87. The van der Waals surface area contributed by atoms with Gasteiger partial charge < -0.3 is 15.2 Å². The lowest BCUT2D eigenvalue weighted by Gasteiger charge is -2.38. The molecule has 2 N–H and O–H groups in total. The second-order valence-electron chi connectivity index (χ2n) is 6.71. The van der Waals surface area contributed by atoms with Crippen molar-refractivity contribution in [3.05, 3.63) is 48.0 Å². The quantitative estimate of drug-likeness (QED) is 0.648. The number of benzene rings is 1. The van der Waals surface area contributed by atoms with Gasteiger partial charge in [0.05, 0.1) is 24.7 Å². The Bertz CT molecular complexity index is 556. The van der Waals surface area contributed by atoms with E-state index in [0.29, 0.717) is 19.1 Å². The van der Waals surface area contributed by atoms with Crippen LogP contribution in [0, 0.1) is 5.92 Å². The van der Waals surface area contributed by atoms with E-state index in [4.69, 9.17) is 15.2 Å². The Hall–Kier alpha value is -1.65. The lowest BCUT2D eigenvalue weighted by molar-refractivity contribution is -0.145. The van der Waals surface area contributed by atoms with Crippen LogP contribution in [0.4, 0.5) is 0 Å². The third-order valence-corrected chi connectivity index (χ3v) is 5.03. The summed E-state index contributed by atoms with van der Waals surface area (Å²) in [6, 6.07) is 8.11. The van der Waals surface area contributed by atoms with Crippen molar-refractivity contribution in [1.82, 2.24) is 0 Å². The first kappa shape index (κ1) is 16.2. The van der Waals surface area contributed by atoms with Crippen LogP contribution in [0.2, 0.25) is 0 Å². The van der Waals surface area contributed by atoms with E-state index in [0.717, 1.165) is 24.0 Å². The maximum Gasteiger partial charge on any atom is 0.314 e. The molecule has 4 nitrogen and oxygen atoms in total. The standard InChI is InChI=1S/C19H25NO3/c1-2-11-23-18(21)17(14-5-3-4-6-14)15-7-9-16(10-8-15)19(20)12-22-13-19/h2,7-10,14,17H,1,3-6,11-13,20H2. The van der Waals surface area contributed by atoms with E-state index in [1.165, 1.54) is 12.8 Å². The van der Waals surface area contributed by atoms with Gasteiger partial charge in [-0.2, -0.15) is 0 Å². The Kier molecular flexibility index (Phi) is 4.83. The van der Waals surface area contributed by atoms with Crippen LogP contribution in [0.3, 0.4) is 0 Å². The molecule has 2 aliphatic rings. The van der Waals surface area contributed by atoms with Gasteiger partial charge >= 0.3 is 5.97 Å². The van der Waals surface area contributed by atoms with Gasteiger partial charge in [-0.15, -0.1) is 0 Å². The first-order valence-electron chi connectivity index (χ1n) is 8.39. The van der Waals surface area contributed by atoms with E-state index in [1.807, 2.05) is 24.3 Å². The van der Waals surface area contributed by atoms with Crippen molar-refractivity contribution >= 4 is 5.97 Å². The molecule has 1 aromatic carbocycles. The molecule has 2 fully saturated rings. The first-order chi connectivity index (χ1) is 11.1. The van der Waals surface area contributed by atoms with Crippen molar-refractivity contribution in [2.75, 3.05) is 19.8 Å². The Morgan fingerprint density at radius 3 is 2.52 bits per heavy atom. The molecular formula is C19H25NO3. The van der Waals surface area contributed by atoms with E-state index in [1.54, 1.807) is 6.08 Å². The highest BCUT2D eigenvalue weighted by molar-refractivity contribution is 5.78. The van der Waals surface area contributed by atoms with Crippen molar-refractivity contribution in [3.8, 4) is 0 Å². The fourth-order valence-electron chi connectivity index (χ4n) is 3.63. The highest BCUT2D eigenvalue weighted by atomic mass is 16.5. The van der Waals surface area contributed by atoms with Crippen molar-refractivity contribution in [3.63, 3.8) is 0 Å². The molecule has 3 rings (SSSR count). The third kappa shape index (κ3) is 3.33. The molecule has 0 aromatic heterocycles. The summed E-state index contributed by atoms with van der Waals surface area (Å²) < 4.78 is 10.6. The number of esters is 1. The topological polar surface area (TPSA) is 61.5 Å². The summed E-state index contributed by atoms with van der Waals surface area (Å²) in [4.78, 5) is 12.5. The Morgan fingerprint density at radius 2 is 2.00 bits per heavy atom. The van der Waals surface area contributed by atoms with Gasteiger partial charge in [-0.3, -0.25) is 4.79 Å². The van der Waals surface area contributed by atoms with Crippen LogP contribution in [-0.4, -0.2) is 25.8 Å². The van der Waals surface area contributed by atoms with Gasteiger partial charge in [0.2, 0.25) is 0 Å². The van der Waals surface area contributed by atoms with Gasteiger partial charge in [0.1, 0.15) is 6.61 Å². The Labute approximate surface area is 137 Å². The molecule has 1 saturated heterocycles. The Morgan fingerprint density at radius 1 is 1.35 bits per heavy atom. The maximum atomic E-state index is 12.5. The Balaban J connectivity index is 1.80. The zero-order valence-corrected chi connectivity index (χ0v) is 13.5. The molecule has 1 aliphatic carbocycles. The summed E-state index contributed by atoms with van der Waals surface area (Å²) in [5, 5.41) is 0. The average Bonchev–Trinajstić information content (AvgIpc) is 3.05. The SMILES string of the molecule is C=CCOC(=O)C(c1ccc(C2(N)COC2)cc1)C1CCCC1. The zero-order chi connectivity index (χ0) is 16.3. The van der Waals surface area contributed by atoms with Crippen LogP contribution in [0.15, 0.2) is 36.9 Å². The van der Waals surface area contributed by atoms with E-state index in [-0.39, 0.29) is 24.0 Å². The molecule has 1 heterocycles. The minimum atomic E-state index is -0.370. The number of ether oxygens (including phenoxy) is 2. The highest BCUT2D eigenvalue weighted by Gasteiger charge is 2.37. The molecule has 124 valence electrons. The van der Waals surface area contributed by atoms with Crippen LogP contribution in [0.25, 0.3) is 0 Å². The van der Waals surface area contributed by atoms with Crippen LogP contribution >= 0.6 is 0 Å². The fourth-order valence-corrected chi connectivity index (χ4v) is 3.63. The minimum absolute atomic E-state index is 0.140. The smallest absolute Gasteiger partial charge is 0.314 e. The molecule has 23 heavy (non-hydrogen) atoms. The van der Waals surface area contributed by atoms with Gasteiger partial charge in [-0.25, -0.2) is 0 Å². The first-order valence-corrected chi connectivity index (χ1v) is 8.39. The van der Waals surface area contributed by atoms with Crippen molar-refractivity contribution in [2.45, 2.75) is 37.1 Å². The van der Waals surface area contributed by atoms with Gasteiger partial charge in [0, 0.05) is 0 Å². The molecule has 1 aliphatic heterocycles. The van der Waals surface area contributed by atoms with Crippen molar-refractivity contribution in [2.24, 2.45) is 11.7 Å². The van der Waals surface area contributed by atoms with Gasteiger partial charge in [-0.1, -0.05) is 49.8 Å². The monoisotopic (exact) mass is 315 g/mol. The van der Waals surface area contributed by atoms with E-state index < -0.39 is 0 Å². The summed E-state index contributed by atoms with van der Waals surface area (Å²) in [5.41, 5.74) is 7.99. The molecule has 0 bridgehead atoms. The van der Waals surface area contributed by atoms with Crippen LogP contribution in [0.5, 0.6) is 0 Å². The summed E-state index contributed by atoms with van der Waals surface area (Å²) >= 11 is 0. The lowest BCUT2D eigenvalue weighted by atomic mass is 9.82. The summed E-state index contributed by atoms with van der Waals surface area (Å²) in [5.74, 6) is 0.0499. The normalized spacial score (nSPS) is 21.4. The van der Waals surface area contributed by atoms with Crippen molar-refractivity contribution < 1.29 is 14.3 Å². The molecule has 1 saturated carbocycles. The van der Waals surface area contributed by atoms with Crippen molar-refractivity contribution in [1.29, 1.82) is 0 Å². The number of nitrogens with two attached hydrogens (primary N) is 1. The summed E-state index contributed by atoms with van der Waals surface area (Å²) in [6.45, 7) is 4.99. The highest BCUT2D eigenvalue weighted by Crippen LogP contribution is 2.39. The van der Waals surface area contributed by atoms with E-state index in [2.05, 4.69) is 6.58 Å². The maximum absolute atomic E-state index is 12.5. The third-order valence-electron chi connectivity index (χ3n) is 5.03. The number of carbonyl (C=O) groups excluding carboxylic acids is 1. The second-order valence-corrected chi connectivity index (χ2v) is 6.71. The fraction of sp³-hybridized carbons (Fsp3) is 0.526. The molecule has 0 spiro atoms. The average molecular weight is 315 g/mol. The summed E-state index contributed by atoms with van der Waals surface area (Å²) in [7, 11) is 0. The number of rotatable bonds is 6. The largest absolute Gasteiger partial charge is 0.461 e. The molecular weight excluding hydrogens is 290 g/mol. The molecule has 1 aromatic rings. The zero-order valence-electron chi connectivity index (χ0n) is 13.5.